The minimum Gasteiger partial charge on any atom is -0.332 e. The highest BCUT2D eigenvalue weighted by atomic mass is 32.1. The average Bonchev–Trinajstić information content (AvgIpc) is 2.97. The fourth-order valence-corrected chi connectivity index (χ4v) is 3.35. The highest BCUT2D eigenvalue weighted by molar-refractivity contribution is 7.09. The smallest absolute Gasteiger partial charge is 0.273 e. The van der Waals surface area contributed by atoms with Crippen LogP contribution in [0.25, 0.3) is 0 Å². The number of piperazine rings is 1. The zero-order valence-electron chi connectivity index (χ0n) is 12.1. The van der Waals surface area contributed by atoms with Crippen molar-refractivity contribution >= 4 is 17.2 Å². The molecule has 0 radical (unpaired) electrons. The molecular formula is C16H19N3OS. The summed E-state index contributed by atoms with van der Waals surface area (Å²) in [5, 5.41) is 6.17. The monoisotopic (exact) mass is 301 g/mol. The predicted octanol–water partition coefficient (Wildman–Crippen LogP) is 2.17. The van der Waals surface area contributed by atoms with Gasteiger partial charge in [0.25, 0.3) is 5.91 Å². The molecule has 0 unspecified atom stereocenters. The van der Waals surface area contributed by atoms with Crippen LogP contribution in [0, 0.1) is 0 Å². The molecule has 2 aromatic rings. The number of hydrogen-bond acceptors (Lipinski definition) is 4. The van der Waals surface area contributed by atoms with E-state index in [-0.39, 0.29) is 11.9 Å². The van der Waals surface area contributed by atoms with E-state index in [1.165, 1.54) is 5.56 Å². The number of nitrogens with one attached hydrogen (secondary N) is 1. The molecule has 2 heterocycles. The van der Waals surface area contributed by atoms with Crippen LogP contribution in [0.5, 0.6) is 0 Å². The highest BCUT2D eigenvalue weighted by Gasteiger charge is 2.25. The molecule has 1 aliphatic heterocycles. The first-order chi connectivity index (χ1) is 10.2. The molecule has 1 N–H and O–H groups in total. The van der Waals surface area contributed by atoms with Crippen LogP contribution in [0.1, 0.15) is 28.0 Å². The number of carbonyl (C=O) groups excluding carboxylic acids is 1. The molecule has 110 valence electrons. The van der Waals surface area contributed by atoms with E-state index in [9.17, 15) is 4.79 Å². The van der Waals surface area contributed by atoms with Crippen molar-refractivity contribution in [3.63, 3.8) is 0 Å². The molecule has 0 saturated carbocycles. The molecule has 1 aliphatic rings. The molecule has 1 amide bonds. The molecule has 4 nitrogen and oxygen atoms in total. The van der Waals surface area contributed by atoms with Gasteiger partial charge in [-0.2, -0.15) is 0 Å². The molecule has 0 aliphatic carbocycles. The second-order valence-electron chi connectivity index (χ2n) is 5.34. The lowest BCUT2D eigenvalue weighted by atomic mass is 10.2. The highest BCUT2D eigenvalue weighted by Crippen LogP contribution is 2.17. The number of carbonyl (C=O) groups is 1. The lowest BCUT2D eigenvalue weighted by Crippen LogP contribution is -2.52. The number of hydrogen-bond donors (Lipinski definition) is 1. The first-order valence-electron chi connectivity index (χ1n) is 7.24. The summed E-state index contributed by atoms with van der Waals surface area (Å²) in [6.07, 6.45) is 0.788. The Balaban J connectivity index is 1.71. The van der Waals surface area contributed by atoms with Crippen LogP contribution in [0.3, 0.4) is 0 Å². The van der Waals surface area contributed by atoms with Gasteiger partial charge in [-0.3, -0.25) is 4.79 Å². The molecule has 0 spiro atoms. The summed E-state index contributed by atoms with van der Waals surface area (Å²) >= 11 is 1.56. The number of amides is 1. The number of aromatic nitrogens is 1. The summed E-state index contributed by atoms with van der Waals surface area (Å²) in [7, 11) is 0. The van der Waals surface area contributed by atoms with Crippen molar-refractivity contribution in [2.45, 2.75) is 19.4 Å². The third-order valence-electron chi connectivity index (χ3n) is 3.73. The number of rotatable bonds is 3. The Hall–Kier alpha value is -1.72. The standard InChI is InChI=1S/C16H19N3OS/c1-12-10-17-7-8-19(12)16(20)14-11-21-15(18-14)9-13-5-3-2-4-6-13/h2-6,11-12,17H,7-10H2,1H3/t12-/m0/s1. The topological polar surface area (TPSA) is 45.2 Å². The second-order valence-corrected chi connectivity index (χ2v) is 6.28. The van der Waals surface area contributed by atoms with Gasteiger partial charge >= 0.3 is 0 Å². The Kier molecular flexibility index (Phi) is 4.31. The maximum Gasteiger partial charge on any atom is 0.273 e. The second kappa shape index (κ2) is 6.37. The summed E-state index contributed by atoms with van der Waals surface area (Å²) in [6, 6.07) is 10.5. The third kappa shape index (κ3) is 3.31. The van der Waals surface area contributed by atoms with Gasteiger partial charge in [0.1, 0.15) is 5.69 Å². The molecule has 21 heavy (non-hydrogen) atoms. The average molecular weight is 301 g/mol. The predicted molar refractivity (Wildman–Crippen MR) is 84.7 cm³/mol. The minimum absolute atomic E-state index is 0.0551. The van der Waals surface area contributed by atoms with Crippen molar-refractivity contribution in [2.24, 2.45) is 0 Å². The Morgan fingerprint density at radius 3 is 3.00 bits per heavy atom. The van der Waals surface area contributed by atoms with E-state index in [4.69, 9.17) is 0 Å². The van der Waals surface area contributed by atoms with E-state index in [1.54, 1.807) is 11.3 Å². The molecule has 1 aromatic heterocycles. The van der Waals surface area contributed by atoms with Crippen LogP contribution >= 0.6 is 11.3 Å². The van der Waals surface area contributed by atoms with Gasteiger partial charge < -0.3 is 10.2 Å². The molecule has 1 aromatic carbocycles. The van der Waals surface area contributed by atoms with Gasteiger partial charge in [-0.1, -0.05) is 30.3 Å². The maximum absolute atomic E-state index is 12.5. The van der Waals surface area contributed by atoms with Crippen molar-refractivity contribution < 1.29 is 4.79 Å². The van der Waals surface area contributed by atoms with Crippen LogP contribution in [-0.2, 0) is 6.42 Å². The van der Waals surface area contributed by atoms with E-state index in [2.05, 4.69) is 29.4 Å². The summed E-state index contributed by atoms with van der Waals surface area (Å²) < 4.78 is 0. The Morgan fingerprint density at radius 2 is 2.24 bits per heavy atom. The van der Waals surface area contributed by atoms with Crippen molar-refractivity contribution in [2.75, 3.05) is 19.6 Å². The molecule has 5 heteroatoms. The van der Waals surface area contributed by atoms with Crippen molar-refractivity contribution in [1.29, 1.82) is 0 Å². The largest absolute Gasteiger partial charge is 0.332 e. The van der Waals surface area contributed by atoms with Crippen LogP contribution in [0.15, 0.2) is 35.7 Å². The molecule has 1 saturated heterocycles. The van der Waals surface area contributed by atoms with Crippen LogP contribution in [0.4, 0.5) is 0 Å². The summed E-state index contributed by atoms with van der Waals surface area (Å²) in [5.41, 5.74) is 1.81. The van der Waals surface area contributed by atoms with Crippen LogP contribution < -0.4 is 5.32 Å². The molecule has 3 rings (SSSR count). The number of benzene rings is 1. The molecule has 1 atom stereocenters. The molecular weight excluding hydrogens is 282 g/mol. The summed E-state index contributed by atoms with van der Waals surface area (Å²) in [6.45, 7) is 4.54. The van der Waals surface area contributed by atoms with E-state index in [1.807, 2.05) is 28.5 Å². The van der Waals surface area contributed by atoms with Gasteiger partial charge in [-0.15, -0.1) is 11.3 Å². The number of thiazole rings is 1. The normalized spacial score (nSPS) is 18.7. The van der Waals surface area contributed by atoms with Crippen molar-refractivity contribution in [3.05, 3.63) is 52.0 Å². The Morgan fingerprint density at radius 1 is 1.43 bits per heavy atom. The SMILES string of the molecule is C[C@H]1CNCCN1C(=O)c1csc(Cc2ccccc2)n1. The van der Waals surface area contributed by atoms with Gasteiger partial charge in [-0.05, 0) is 12.5 Å². The number of nitrogens with zero attached hydrogens (tertiary/aromatic N) is 2. The van der Waals surface area contributed by atoms with Crippen LogP contribution in [0.2, 0.25) is 0 Å². The van der Waals surface area contributed by atoms with Crippen molar-refractivity contribution in [3.8, 4) is 0 Å². The first kappa shape index (κ1) is 14.2. The van der Waals surface area contributed by atoms with Gasteiger partial charge in [0, 0.05) is 37.5 Å². The molecule has 0 bridgehead atoms. The van der Waals surface area contributed by atoms with E-state index in [0.717, 1.165) is 31.1 Å². The van der Waals surface area contributed by atoms with Gasteiger partial charge in [0.05, 0.1) is 5.01 Å². The summed E-state index contributed by atoms with van der Waals surface area (Å²) in [4.78, 5) is 19.0. The van der Waals surface area contributed by atoms with Gasteiger partial charge in [0.2, 0.25) is 0 Å². The first-order valence-corrected chi connectivity index (χ1v) is 8.12. The van der Waals surface area contributed by atoms with E-state index >= 15 is 0 Å². The fraction of sp³-hybridized carbons (Fsp3) is 0.375. The zero-order valence-corrected chi connectivity index (χ0v) is 12.9. The van der Waals surface area contributed by atoms with Crippen molar-refractivity contribution in [1.82, 2.24) is 15.2 Å². The van der Waals surface area contributed by atoms with Crippen LogP contribution in [-0.4, -0.2) is 41.5 Å². The van der Waals surface area contributed by atoms with E-state index in [0.29, 0.717) is 5.69 Å². The minimum atomic E-state index is 0.0551. The van der Waals surface area contributed by atoms with Gasteiger partial charge in [-0.25, -0.2) is 4.98 Å². The Labute approximate surface area is 128 Å². The third-order valence-corrected chi connectivity index (χ3v) is 4.58. The summed E-state index contributed by atoms with van der Waals surface area (Å²) in [5.74, 6) is 0.0551. The quantitative estimate of drug-likeness (QED) is 0.945. The molecule has 1 fully saturated rings. The van der Waals surface area contributed by atoms with Gasteiger partial charge in [0.15, 0.2) is 0 Å². The van der Waals surface area contributed by atoms with E-state index < -0.39 is 0 Å². The Bertz CT molecular complexity index is 611. The fourth-order valence-electron chi connectivity index (χ4n) is 2.55. The lowest BCUT2D eigenvalue weighted by molar-refractivity contribution is 0.0650. The maximum atomic E-state index is 12.5. The lowest BCUT2D eigenvalue weighted by Gasteiger charge is -2.33. The zero-order chi connectivity index (χ0) is 14.7.